The van der Waals surface area contributed by atoms with Crippen molar-refractivity contribution in [3.63, 3.8) is 0 Å². The molecule has 15 heavy (non-hydrogen) atoms. The van der Waals surface area contributed by atoms with Crippen molar-refractivity contribution in [2.24, 2.45) is 0 Å². The summed E-state index contributed by atoms with van der Waals surface area (Å²) in [5.74, 6) is -1.16. The van der Waals surface area contributed by atoms with Gasteiger partial charge in [0.1, 0.15) is 0 Å². The van der Waals surface area contributed by atoms with Gasteiger partial charge in [0.15, 0.2) is 6.10 Å². The van der Waals surface area contributed by atoms with E-state index >= 15 is 0 Å². The monoisotopic (exact) mass is 209 g/mol. The Morgan fingerprint density at radius 1 is 1.47 bits per heavy atom. The predicted molar refractivity (Wildman–Crippen MR) is 54.8 cm³/mol. The van der Waals surface area contributed by atoms with Crippen molar-refractivity contribution in [2.75, 3.05) is 0 Å². The van der Waals surface area contributed by atoms with Gasteiger partial charge in [0.2, 0.25) is 0 Å². The molecular formula is C11H15NO3. The van der Waals surface area contributed by atoms with E-state index in [1.54, 1.807) is 0 Å². The van der Waals surface area contributed by atoms with Crippen molar-refractivity contribution < 1.29 is 15.0 Å². The smallest absolute Gasteiger partial charge is 0.332 e. The molecule has 4 nitrogen and oxygen atoms in total. The van der Waals surface area contributed by atoms with Crippen LogP contribution in [-0.4, -0.2) is 27.3 Å². The van der Waals surface area contributed by atoms with Gasteiger partial charge in [-0.05, 0) is 37.3 Å². The molecule has 0 aromatic carbocycles. The topological polar surface area (TPSA) is 73.3 Å². The number of carbonyl (C=O) groups is 1. The van der Waals surface area contributed by atoms with Crippen LogP contribution >= 0.6 is 0 Å². The molecule has 0 spiro atoms. The average Bonchev–Trinajstić information content (AvgIpc) is 2.59. The van der Waals surface area contributed by atoms with E-state index < -0.39 is 12.1 Å². The molecule has 0 radical (unpaired) electrons. The highest BCUT2D eigenvalue weighted by atomic mass is 16.4. The van der Waals surface area contributed by atoms with Gasteiger partial charge in [-0.1, -0.05) is 0 Å². The van der Waals surface area contributed by atoms with Crippen LogP contribution in [0.15, 0.2) is 6.07 Å². The SMILES string of the molecule is O=C(O)C(O)Cc1cc2c([nH]1)CCCC2. The standard InChI is InChI=1S/C11H15NO3/c13-10(11(14)15)6-8-5-7-3-1-2-4-9(7)12-8/h5,10,12-13H,1-4,6H2,(H,14,15). The molecule has 1 aromatic rings. The van der Waals surface area contributed by atoms with Gasteiger partial charge in [0.25, 0.3) is 0 Å². The second kappa shape index (κ2) is 4.06. The highest BCUT2D eigenvalue weighted by Gasteiger charge is 2.17. The van der Waals surface area contributed by atoms with Crippen LogP contribution in [-0.2, 0) is 24.1 Å². The van der Waals surface area contributed by atoms with Crippen LogP contribution in [0, 0.1) is 0 Å². The molecule has 3 N–H and O–H groups in total. The Kier molecular flexibility index (Phi) is 2.77. The highest BCUT2D eigenvalue weighted by Crippen LogP contribution is 2.22. The molecule has 1 heterocycles. The molecule has 0 fully saturated rings. The zero-order valence-corrected chi connectivity index (χ0v) is 8.49. The first kappa shape index (κ1) is 10.2. The van der Waals surface area contributed by atoms with Crippen LogP contribution in [0.4, 0.5) is 0 Å². The van der Waals surface area contributed by atoms with Crippen molar-refractivity contribution in [2.45, 2.75) is 38.2 Å². The quantitative estimate of drug-likeness (QED) is 0.692. The van der Waals surface area contributed by atoms with Gasteiger partial charge in [0, 0.05) is 17.8 Å². The summed E-state index contributed by atoms with van der Waals surface area (Å²) in [6.07, 6.45) is 3.36. The summed E-state index contributed by atoms with van der Waals surface area (Å²) in [6, 6.07) is 1.99. The zero-order chi connectivity index (χ0) is 10.8. The number of nitrogens with one attached hydrogen (secondary N) is 1. The molecule has 1 unspecified atom stereocenters. The third-order valence-corrected chi connectivity index (χ3v) is 2.87. The maximum absolute atomic E-state index is 10.5. The van der Waals surface area contributed by atoms with E-state index in [4.69, 9.17) is 5.11 Å². The Labute approximate surface area is 87.9 Å². The first-order chi connectivity index (χ1) is 7.16. The van der Waals surface area contributed by atoms with E-state index in [2.05, 4.69) is 4.98 Å². The number of H-pyrrole nitrogens is 1. The maximum atomic E-state index is 10.5. The summed E-state index contributed by atoms with van der Waals surface area (Å²) in [4.78, 5) is 13.7. The third kappa shape index (κ3) is 2.21. The number of hydrogen-bond acceptors (Lipinski definition) is 2. The minimum atomic E-state index is -1.30. The van der Waals surface area contributed by atoms with Crippen LogP contribution in [0.1, 0.15) is 29.8 Å². The normalized spacial score (nSPS) is 17.1. The number of aromatic nitrogens is 1. The molecule has 82 valence electrons. The Balaban J connectivity index is 2.09. The largest absolute Gasteiger partial charge is 0.479 e. The number of fused-ring (bicyclic) bond motifs is 1. The third-order valence-electron chi connectivity index (χ3n) is 2.87. The molecule has 2 rings (SSSR count). The van der Waals surface area contributed by atoms with Gasteiger partial charge in [-0.3, -0.25) is 0 Å². The van der Waals surface area contributed by atoms with Crippen LogP contribution in [0.25, 0.3) is 0 Å². The number of carboxylic acid groups (broad SMARTS) is 1. The molecular weight excluding hydrogens is 194 g/mol. The van der Waals surface area contributed by atoms with Crippen LogP contribution in [0.5, 0.6) is 0 Å². The van der Waals surface area contributed by atoms with Crippen molar-refractivity contribution in [3.05, 3.63) is 23.0 Å². The minimum absolute atomic E-state index is 0.169. The Morgan fingerprint density at radius 3 is 2.87 bits per heavy atom. The van der Waals surface area contributed by atoms with Gasteiger partial charge < -0.3 is 15.2 Å². The second-order valence-corrected chi connectivity index (χ2v) is 4.06. The van der Waals surface area contributed by atoms with E-state index in [0.717, 1.165) is 18.5 Å². The first-order valence-electron chi connectivity index (χ1n) is 5.27. The Bertz CT molecular complexity index is 346. The number of aliphatic carboxylic acids is 1. The fourth-order valence-corrected chi connectivity index (χ4v) is 2.08. The average molecular weight is 209 g/mol. The lowest BCUT2D eigenvalue weighted by Crippen LogP contribution is -2.22. The van der Waals surface area contributed by atoms with E-state index in [1.165, 1.54) is 24.1 Å². The first-order valence-corrected chi connectivity index (χ1v) is 5.27. The van der Waals surface area contributed by atoms with Gasteiger partial charge in [-0.2, -0.15) is 0 Å². The Hall–Kier alpha value is -1.29. The fraction of sp³-hybridized carbons (Fsp3) is 0.545. The van der Waals surface area contributed by atoms with E-state index in [0.29, 0.717) is 0 Å². The predicted octanol–water partition coefficient (Wildman–Crippen LogP) is 0.881. The molecule has 1 aliphatic rings. The number of hydrogen-bond donors (Lipinski definition) is 3. The number of aryl methyl sites for hydroxylation is 2. The zero-order valence-electron chi connectivity index (χ0n) is 8.49. The van der Waals surface area contributed by atoms with Gasteiger partial charge in [-0.25, -0.2) is 4.79 Å². The number of carboxylic acids is 1. The number of rotatable bonds is 3. The Morgan fingerprint density at radius 2 is 2.20 bits per heavy atom. The van der Waals surface area contributed by atoms with E-state index in [-0.39, 0.29) is 6.42 Å². The highest BCUT2D eigenvalue weighted by molar-refractivity contribution is 5.72. The summed E-state index contributed by atoms with van der Waals surface area (Å²) in [6.45, 7) is 0. The van der Waals surface area contributed by atoms with Crippen LogP contribution < -0.4 is 0 Å². The lowest BCUT2D eigenvalue weighted by Gasteiger charge is -2.09. The summed E-state index contributed by atoms with van der Waals surface area (Å²) >= 11 is 0. The van der Waals surface area contributed by atoms with Crippen molar-refractivity contribution in [3.8, 4) is 0 Å². The second-order valence-electron chi connectivity index (χ2n) is 4.06. The molecule has 0 bridgehead atoms. The van der Waals surface area contributed by atoms with Crippen molar-refractivity contribution in [1.82, 2.24) is 4.98 Å². The molecule has 1 atom stereocenters. The molecule has 1 aliphatic carbocycles. The van der Waals surface area contributed by atoms with Gasteiger partial charge in [0.05, 0.1) is 0 Å². The molecule has 0 saturated carbocycles. The summed E-state index contributed by atoms with van der Waals surface area (Å²) in [5, 5.41) is 17.8. The van der Waals surface area contributed by atoms with Crippen molar-refractivity contribution >= 4 is 5.97 Å². The fourth-order valence-electron chi connectivity index (χ4n) is 2.08. The number of aliphatic hydroxyl groups is 1. The van der Waals surface area contributed by atoms with E-state index in [1.807, 2.05) is 6.07 Å². The lowest BCUT2D eigenvalue weighted by molar-refractivity contribution is -0.146. The van der Waals surface area contributed by atoms with Gasteiger partial charge >= 0.3 is 5.97 Å². The minimum Gasteiger partial charge on any atom is -0.479 e. The molecule has 4 heteroatoms. The molecule has 1 aromatic heterocycles. The molecule has 0 aliphatic heterocycles. The van der Waals surface area contributed by atoms with Crippen LogP contribution in [0.2, 0.25) is 0 Å². The summed E-state index contributed by atoms with van der Waals surface area (Å²) in [7, 11) is 0. The molecule has 0 saturated heterocycles. The summed E-state index contributed by atoms with van der Waals surface area (Å²) < 4.78 is 0. The van der Waals surface area contributed by atoms with Crippen molar-refractivity contribution in [1.29, 1.82) is 0 Å². The molecule has 0 amide bonds. The lowest BCUT2D eigenvalue weighted by atomic mass is 9.98. The summed E-state index contributed by atoms with van der Waals surface area (Å²) in [5.41, 5.74) is 3.33. The number of aromatic amines is 1. The van der Waals surface area contributed by atoms with Gasteiger partial charge in [-0.15, -0.1) is 0 Å². The van der Waals surface area contributed by atoms with Crippen LogP contribution in [0.3, 0.4) is 0 Å². The maximum Gasteiger partial charge on any atom is 0.332 e. The van der Waals surface area contributed by atoms with E-state index in [9.17, 15) is 9.90 Å². The number of aliphatic hydroxyl groups excluding tert-OH is 1.